The van der Waals surface area contributed by atoms with Crippen LogP contribution in [0.5, 0.6) is 0 Å². The second-order valence-electron chi connectivity index (χ2n) is 10.5. The van der Waals surface area contributed by atoms with Crippen molar-refractivity contribution in [1.82, 2.24) is 14.0 Å². The summed E-state index contributed by atoms with van der Waals surface area (Å²) in [6, 6.07) is 38.2. The van der Waals surface area contributed by atoms with Gasteiger partial charge in [0.2, 0.25) is 6.33 Å². The monoisotopic (exact) mass is 723 g/mol. The Bertz CT molecular complexity index is 2090. The van der Waals surface area contributed by atoms with Crippen LogP contribution in [0.3, 0.4) is 0 Å². The van der Waals surface area contributed by atoms with Crippen LogP contribution in [0, 0.1) is 25.4 Å². The fourth-order valence-electron chi connectivity index (χ4n) is 5.62. The normalized spacial score (nSPS) is 11.2. The zero-order valence-corrected chi connectivity index (χ0v) is 26.0. The summed E-state index contributed by atoms with van der Waals surface area (Å²) in [4.78, 5) is 4.32. The van der Waals surface area contributed by atoms with Gasteiger partial charge < -0.3 is 18.5 Å². The molecule has 5 heteroatoms. The molecule has 0 fully saturated rings. The number of imidazole rings is 1. The molecule has 0 radical (unpaired) electrons. The van der Waals surface area contributed by atoms with Gasteiger partial charge in [0.05, 0.1) is 6.54 Å². The fraction of sp³-hybridized carbons (Fsp3) is 0.135. The molecule has 0 amide bonds. The Morgan fingerprint density at radius 1 is 0.833 bits per heavy atom. The van der Waals surface area contributed by atoms with Gasteiger partial charge in [-0.25, -0.2) is 0 Å². The molecule has 4 heterocycles. The minimum Gasteiger partial charge on any atom is -0.363 e. The number of fused-ring (bicyclic) bond motifs is 6. The Labute approximate surface area is 259 Å². The van der Waals surface area contributed by atoms with E-state index in [-0.39, 0.29) is 20.1 Å². The van der Waals surface area contributed by atoms with E-state index in [2.05, 4.69) is 112 Å². The molecule has 4 aromatic carbocycles. The van der Waals surface area contributed by atoms with Gasteiger partial charge in [-0.2, -0.15) is 18.2 Å². The number of para-hydroxylation sites is 2. The molecule has 8 rings (SSSR count). The van der Waals surface area contributed by atoms with Gasteiger partial charge in [-0.1, -0.05) is 73.1 Å². The summed E-state index contributed by atoms with van der Waals surface area (Å²) in [5.74, 6) is 0. The van der Waals surface area contributed by atoms with E-state index >= 15 is 0 Å². The molecule has 0 unspecified atom stereocenters. The first kappa shape index (κ1) is 27.8. The number of rotatable bonds is 5. The summed E-state index contributed by atoms with van der Waals surface area (Å²) in [6.45, 7) is 5.25. The van der Waals surface area contributed by atoms with Crippen LogP contribution in [0.2, 0.25) is 0 Å². The molecule has 0 aliphatic rings. The maximum Gasteiger partial charge on any atom is 3.00 e. The minimum atomic E-state index is 0. The summed E-state index contributed by atoms with van der Waals surface area (Å²) in [6.07, 6.45) is 11.8. The molecule has 0 bridgehead atoms. The van der Waals surface area contributed by atoms with Crippen molar-refractivity contribution < 1.29 is 24.7 Å². The van der Waals surface area contributed by atoms with Crippen molar-refractivity contribution in [3.05, 3.63) is 134 Å². The van der Waals surface area contributed by atoms with Crippen LogP contribution >= 0.6 is 0 Å². The van der Waals surface area contributed by atoms with Crippen LogP contribution in [0.4, 0.5) is 0 Å². The Balaban J connectivity index is 0.000000191. The SMILES string of the molecule is CCCC[n+]1[c-]n(-c2[c-]cc3c(c2)c2cccc4c5ccccc5n3c24)cc1.Cc1ccc(-c2[c-]cccc2)nc1.[Ir+3]. The van der Waals surface area contributed by atoms with Crippen molar-refractivity contribution in [1.29, 1.82) is 0 Å². The van der Waals surface area contributed by atoms with Crippen LogP contribution < -0.4 is 4.57 Å². The van der Waals surface area contributed by atoms with E-state index in [0.29, 0.717) is 0 Å². The van der Waals surface area contributed by atoms with Crippen molar-refractivity contribution in [3.8, 4) is 16.9 Å². The first-order valence-corrected chi connectivity index (χ1v) is 14.2. The average Bonchev–Trinajstić information content (AvgIpc) is 3.73. The molecular weight excluding hydrogens is 693 g/mol. The molecule has 0 spiro atoms. The quantitative estimate of drug-likeness (QED) is 0.130. The molecule has 206 valence electrons. The van der Waals surface area contributed by atoms with Gasteiger partial charge in [-0.3, -0.25) is 0 Å². The number of pyridine rings is 1. The first-order valence-electron chi connectivity index (χ1n) is 14.2. The van der Waals surface area contributed by atoms with Gasteiger partial charge in [0.15, 0.2) is 0 Å². The Morgan fingerprint density at radius 2 is 1.64 bits per heavy atom. The molecular formula is C37H30IrN4+. The van der Waals surface area contributed by atoms with Crippen LogP contribution in [-0.2, 0) is 26.7 Å². The molecule has 4 nitrogen and oxygen atoms in total. The summed E-state index contributed by atoms with van der Waals surface area (Å²) < 4.78 is 6.56. The van der Waals surface area contributed by atoms with E-state index in [4.69, 9.17) is 0 Å². The number of hydrogen-bond donors (Lipinski definition) is 0. The third-order valence-corrected chi connectivity index (χ3v) is 7.68. The zero-order valence-electron chi connectivity index (χ0n) is 23.6. The third kappa shape index (κ3) is 5.00. The van der Waals surface area contributed by atoms with Gasteiger partial charge >= 0.3 is 20.1 Å². The Hall–Kier alpha value is -4.31. The number of aromatic nitrogens is 4. The van der Waals surface area contributed by atoms with Crippen LogP contribution in [-0.4, -0.2) is 14.0 Å². The maximum atomic E-state index is 4.32. The minimum absolute atomic E-state index is 0. The van der Waals surface area contributed by atoms with E-state index in [1.807, 2.05) is 48.0 Å². The standard InChI is InChI=1S/C25H20N3.C12H10N.Ir/c1-2-3-13-26-14-15-27(17-26)18-11-12-24-22(16-18)21-9-6-8-20-19-7-4-5-10-23(19)28(24)25(20)21;1-10-7-8-12(13-9-10)11-5-3-2-4-6-11;/h4-10,12,14-16H,2-3,13H2,1H3;2-5,7-9H,1H3;/q2*-1;+3. The van der Waals surface area contributed by atoms with E-state index in [1.165, 1.54) is 56.5 Å². The third-order valence-electron chi connectivity index (χ3n) is 7.68. The molecule has 42 heavy (non-hydrogen) atoms. The molecule has 0 N–H and O–H groups in total. The van der Waals surface area contributed by atoms with Crippen molar-refractivity contribution in [2.24, 2.45) is 0 Å². The van der Waals surface area contributed by atoms with Gasteiger partial charge in [0, 0.05) is 40.4 Å². The van der Waals surface area contributed by atoms with Crippen LogP contribution in [0.15, 0.2) is 110 Å². The maximum absolute atomic E-state index is 4.32. The van der Waals surface area contributed by atoms with Gasteiger partial charge in [-0.15, -0.1) is 41.3 Å². The summed E-state index contributed by atoms with van der Waals surface area (Å²) in [5, 5.41) is 5.19. The smallest absolute Gasteiger partial charge is 0.363 e. The topological polar surface area (TPSA) is 26.1 Å². The molecule has 0 saturated carbocycles. The van der Waals surface area contributed by atoms with E-state index < -0.39 is 0 Å². The van der Waals surface area contributed by atoms with E-state index in [0.717, 1.165) is 23.5 Å². The number of aryl methyl sites for hydroxylation is 2. The Kier molecular flexibility index (Phi) is 7.88. The first-order chi connectivity index (χ1) is 20.2. The molecule has 0 aliphatic heterocycles. The van der Waals surface area contributed by atoms with Gasteiger partial charge in [-0.05, 0) is 36.1 Å². The van der Waals surface area contributed by atoms with E-state index in [9.17, 15) is 0 Å². The van der Waals surface area contributed by atoms with Crippen LogP contribution in [0.1, 0.15) is 25.3 Å². The van der Waals surface area contributed by atoms with Crippen molar-refractivity contribution in [3.63, 3.8) is 0 Å². The zero-order chi connectivity index (χ0) is 27.8. The summed E-state index contributed by atoms with van der Waals surface area (Å²) in [7, 11) is 0. The number of nitrogens with zero attached hydrogens (tertiary/aromatic N) is 4. The number of hydrogen-bond acceptors (Lipinski definition) is 1. The molecule has 0 atom stereocenters. The summed E-state index contributed by atoms with van der Waals surface area (Å²) >= 11 is 0. The largest absolute Gasteiger partial charge is 3.00 e. The predicted molar refractivity (Wildman–Crippen MR) is 166 cm³/mol. The number of benzene rings is 4. The predicted octanol–water partition coefficient (Wildman–Crippen LogP) is 8.17. The van der Waals surface area contributed by atoms with Gasteiger partial charge in [0.1, 0.15) is 0 Å². The van der Waals surface area contributed by atoms with Crippen molar-refractivity contribution >= 4 is 38.1 Å². The molecule has 0 aliphatic carbocycles. The second-order valence-corrected chi connectivity index (χ2v) is 10.5. The summed E-state index contributed by atoms with van der Waals surface area (Å²) in [5.41, 5.74) is 8.00. The van der Waals surface area contributed by atoms with E-state index in [1.54, 1.807) is 0 Å². The van der Waals surface area contributed by atoms with Crippen molar-refractivity contribution in [2.75, 3.05) is 0 Å². The fourth-order valence-corrected chi connectivity index (χ4v) is 5.62. The van der Waals surface area contributed by atoms with Crippen LogP contribution in [0.25, 0.3) is 55.0 Å². The van der Waals surface area contributed by atoms with Crippen molar-refractivity contribution in [2.45, 2.75) is 33.2 Å². The molecule has 4 aromatic heterocycles. The Morgan fingerprint density at radius 3 is 2.43 bits per heavy atom. The second kappa shape index (κ2) is 11.9. The molecule has 8 aromatic rings. The number of unbranched alkanes of at least 4 members (excludes halogenated alkanes) is 1. The molecule has 0 saturated heterocycles. The average molecular weight is 723 g/mol. The van der Waals surface area contributed by atoms with Gasteiger partial charge in [0.25, 0.3) is 0 Å².